The van der Waals surface area contributed by atoms with Gasteiger partial charge in [0.15, 0.2) is 0 Å². The van der Waals surface area contributed by atoms with Gasteiger partial charge < -0.3 is 19.9 Å². The Bertz CT molecular complexity index is 1200. The number of anilines is 1. The van der Waals surface area contributed by atoms with Gasteiger partial charge in [0.05, 0.1) is 0 Å². The fourth-order valence-electron chi connectivity index (χ4n) is 5.08. The number of halogens is 1. The second-order valence-corrected chi connectivity index (χ2v) is 9.83. The zero-order chi connectivity index (χ0) is 25.9. The van der Waals surface area contributed by atoms with E-state index < -0.39 is 11.9 Å². The second kappa shape index (κ2) is 10.9. The van der Waals surface area contributed by atoms with Crippen molar-refractivity contribution in [2.45, 2.75) is 32.0 Å². The third kappa shape index (κ3) is 5.60. The molecule has 9 nitrogen and oxygen atoms in total. The van der Waals surface area contributed by atoms with Crippen molar-refractivity contribution in [3.63, 3.8) is 0 Å². The van der Waals surface area contributed by atoms with Crippen LogP contribution in [0.2, 0.25) is 0 Å². The monoisotopic (exact) mass is 509 g/mol. The predicted molar refractivity (Wildman–Crippen MR) is 136 cm³/mol. The van der Waals surface area contributed by atoms with E-state index in [1.54, 1.807) is 24.3 Å². The van der Waals surface area contributed by atoms with Crippen LogP contribution in [0.3, 0.4) is 0 Å². The SMILES string of the molecule is CN1CCN(CCOc2ccc(F)c(CNc3cccc4c3CN([C@H]3CCC(=O)NC3=O)C4=O)c2)CC1. The van der Waals surface area contributed by atoms with Crippen LogP contribution in [-0.4, -0.2) is 84.8 Å². The van der Waals surface area contributed by atoms with E-state index in [0.29, 0.717) is 35.6 Å². The van der Waals surface area contributed by atoms with Crippen molar-refractivity contribution in [1.29, 1.82) is 0 Å². The number of piperidine rings is 1. The summed E-state index contributed by atoms with van der Waals surface area (Å²) >= 11 is 0. The summed E-state index contributed by atoms with van der Waals surface area (Å²) < 4.78 is 20.5. The Kier molecular flexibility index (Phi) is 7.38. The average molecular weight is 510 g/mol. The lowest BCUT2D eigenvalue weighted by Crippen LogP contribution is -2.52. The number of carbonyl (C=O) groups excluding carboxylic acids is 3. The highest BCUT2D eigenvalue weighted by Gasteiger charge is 2.39. The molecule has 0 radical (unpaired) electrons. The van der Waals surface area contributed by atoms with Crippen LogP contribution in [-0.2, 0) is 22.7 Å². The van der Waals surface area contributed by atoms with Crippen molar-refractivity contribution in [1.82, 2.24) is 20.0 Å². The minimum atomic E-state index is -0.678. The summed E-state index contributed by atoms with van der Waals surface area (Å²) in [5.74, 6) is -0.730. The third-order valence-corrected chi connectivity index (χ3v) is 7.34. The van der Waals surface area contributed by atoms with Crippen molar-refractivity contribution in [2.75, 3.05) is 51.7 Å². The Hall–Kier alpha value is -3.50. The molecular weight excluding hydrogens is 477 g/mol. The van der Waals surface area contributed by atoms with E-state index in [1.807, 2.05) is 6.07 Å². The van der Waals surface area contributed by atoms with Gasteiger partial charge in [-0.05, 0) is 43.8 Å². The molecule has 3 amide bonds. The van der Waals surface area contributed by atoms with E-state index in [9.17, 15) is 18.8 Å². The molecule has 196 valence electrons. The molecule has 2 aromatic carbocycles. The largest absolute Gasteiger partial charge is 0.492 e. The summed E-state index contributed by atoms with van der Waals surface area (Å²) in [7, 11) is 2.12. The normalized spacial score (nSPS) is 20.6. The van der Waals surface area contributed by atoms with Gasteiger partial charge in [0.2, 0.25) is 11.8 Å². The maximum atomic E-state index is 14.6. The topological polar surface area (TPSA) is 94.2 Å². The van der Waals surface area contributed by atoms with Gasteiger partial charge in [-0.3, -0.25) is 24.6 Å². The van der Waals surface area contributed by atoms with E-state index in [0.717, 1.165) is 38.3 Å². The van der Waals surface area contributed by atoms with Crippen LogP contribution < -0.4 is 15.4 Å². The number of imide groups is 1. The Morgan fingerprint density at radius 3 is 2.70 bits per heavy atom. The number of piperazine rings is 1. The fourth-order valence-corrected chi connectivity index (χ4v) is 5.08. The first kappa shape index (κ1) is 25.2. The molecule has 1 atom stereocenters. The number of ether oxygens (including phenoxy) is 1. The molecule has 3 aliphatic heterocycles. The Morgan fingerprint density at radius 1 is 1.11 bits per heavy atom. The van der Waals surface area contributed by atoms with Crippen molar-refractivity contribution < 1.29 is 23.5 Å². The van der Waals surface area contributed by atoms with E-state index in [4.69, 9.17) is 4.74 Å². The summed E-state index contributed by atoms with van der Waals surface area (Å²) in [4.78, 5) is 43.0. The molecule has 3 heterocycles. The van der Waals surface area contributed by atoms with Crippen LogP contribution in [0.15, 0.2) is 36.4 Å². The molecule has 0 saturated carbocycles. The van der Waals surface area contributed by atoms with E-state index >= 15 is 0 Å². The number of amides is 3. The molecule has 10 heteroatoms. The van der Waals surface area contributed by atoms with Gasteiger partial charge in [-0.25, -0.2) is 4.39 Å². The molecule has 2 saturated heterocycles. The van der Waals surface area contributed by atoms with Gasteiger partial charge in [-0.2, -0.15) is 0 Å². The number of nitrogens with one attached hydrogen (secondary N) is 2. The molecule has 3 aliphatic rings. The lowest BCUT2D eigenvalue weighted by Gasteiger charge is -2.32. The van der Waals surface area contributed by atoms with Gasteiger partial charge in [-0.15, -0.1) is 0 Å². The maximum Gasteiger partial charge on any atom is 0.255 e. The van der Waals surface area contributed by atoms with E-state index in [1.165, 1.54) is 11.0 Å². The maximum absolute atomic E-state index is 14.6. The fraction of sp³-hybridized carbons (Fsp3) is 0.444. The summed E-state index contributed by atoms with van der Waals surface area (Å²) in [6, 6.07) is 9.41. The van der Waals surface area contributed by atoms with Crippen LogP contribution in [0.25, 0.3) is 0 Å². The smallest absolute Gasteiger partial charge is 0.255 e. The lowest BCUT2D eigenvalue weighted by atomic mass is 10.0. The Balaban J connectivity index is 1.21. The summed E-state index contributed by atoms with van der Waals surface area (Å²) in [5, 5.41) is 5.58. The Morgan fingerprint density at radius 2 is 1.92 bits per heavy atom. The van der Waals surface area contributed by atoms with Crippen molar-refractivity contribution in [2.24, 2.45) is 0 Å². The highest BCUT2D eigenvalue weighted by Crippen LogP contribution is 2.32. The lowest BCUT2D eigenvalue weighted by molar-refractivity contribution is -0.136. The van der Waals surface area contributed by atoms with Crippen molar-refractivity contribution in [3.05, 3.63) is 58.9 Å². The molecule has 0 bridgehead atoms. The molecule has 0 aromatic heterocycles. The van der Waals surface area contributed by atoms with Crippen LogP contribution in [0, 0.1) is 5.82 Å². The van der Waals surface area contributed by atoms with E-state index in [2.05, 4.69) is 27.5 Å². The molecule has 2 N–H and O–H groups in total. The summed E-state index contributed by atoms with van der Waals surface area (Å²) in [5.41, 5.74) is 2.44. The number of hydrogen-bond donors (Lipinski definition) is 2. The van der Waals surface area contributed by atoms with Gasteiger partial charge in [-0.1, -0.05) is 6.07 Å². The number of hydrogen-bond acceptors (Lipinski definition) is 7. The van der Waals surface area contributed by atoms with Crippen molar-refractivity contribution >= 4 is 23.4 Å². The van der Waals surface area contributed by atoms with E-state index in [-0.39, 0.29) is 37.1 Å². The number of likely N-dealkylation sites (N-methyl/N-ethyl adjacent to an activating group) is 1. The average Bonchev–Trinajstić information content (AvgIpc) is 3.22. The van der Waals surface area contributed by atoms with Crippen LogP contribution in [0.5, 0.6) is 5.75 Å². The Labute approximate surface area is 215 Å². The number of benzene rings is 2. The zero-order valence-electron chi connectivity index (χ0n) is 21.0. The van der Waals surface area contributed by atoms with Crippen molar-refractivity contribution in [3.8, 4) is 5.75 Å². The minimum Gasteiger partial charge on any atom is -0.492 e. The number of fused-ring (bicyclic) bond motifs is 1. The number of carbonyl (C=O) groups is 3. The second-order valence-electron chi connectivity index (χ2n) is 9.83. The highest BCUT2D eigenvalue weighted by molar-refractivity contribution is 6.06. The predicted octanol–water partition coefficient (Wildman–Crippen LogP) is 1.83. The molecule has 2 aromatic rings. The third-order valence-electron chi connectivity index (χ3n) is 7.34. The van der Waals surface area contributed by atoms with Gasteiger partial charge in [0, 0.05) is 74.6 Å². The zero-order valence-corrected chi connectivity index (χ0v) is 21.0. The minimum absolute atomic E-state index is 0.203. The van der Waals surface area contributed by atoms with Crippen LogP contribution in [0.4, 0.5) is 10.1 Å². The highest BCUT2D eigenvalue weighted by atomic mass is 19.1. The molecule has 5 rings (SSSR count). The molecular formula is C27H32FN5O4. The summed E-state index contributed by atoms with van der Waals surface area (Å²) in [6.07, 6.45) is 0.509. The first-order chi connectivity index (χ1) is 17.9. The number of nitrogens with zero attached hydrogens (tertiary/aromatic N) is 3. The first-order valence-corrected chi connectivity index (χ1v) is 12.7. The molecule has 0 aliphatic carbocycles. The van der Waals surface area contributed by atoms with Crippen LogP contribution in [0.1, 0.15) is 34.3 Å². The molecule has 37 heavy (non-hydrogen) atoms. The van der Waals surface area contributed by atoms with Gasteiger partial charge in [0.25, 0.3) is 5.91 Å². The van der Waals surface area contributed by atoms with Crippen LogP contribution >= 0.6 is 0 Å². The quantitative estimate of drug-likeness (QED) is 0.525. The standard InChI is InChI=1S/C27H32FN5O4/c1-31-9-11-32(12-10-31)13-14-37-19-5-6-22(28)18(15-19)16-29-23-4-2-3-20-21(23)17-33(27(20)36)24-7-8-25(34)30-26(24)35/h2-6,15,24,29H,7-14,16-17H2,1H3,(H,30,34,35)/t24-/m0/s1. The van der Waals surface area contributed by atoms with Gasteiger partial charge >= 0.3 is 0 Å². The molecule has 0 spiro atoms. The first-order valence-electron chi connectivity index (χ1n) is 12.7. The summed E-state index contributed by atoms with van der Waals surface area (Å²) in [6.45, 7) is 5.96. The van der Waals surface area contributed by atoms with Gasteiger partial charge in [0.1, 0.15) is 24.2 Å². The molecule has 2 fully saturated rings. The number of rotatable bonds is 8. The molecule has 0 unspecified atom stereocenters.